The fourth-order valence-corrected chi connectivity index (χ4v) is 3.27. The van der Waals surface area contributed by atoms with Gasteiger partial charge in [-0.25, -0.2) is 0 Å². The maximum absolute atomic E-state index is 5.97. The van der Waals surface area contributed by atoms with E-state index < -0.39 is 0 Å². The molecular formula is C18H20ClN. The van der Waals surface area contributed by atoms with E-state index in [0.717, 1.165) is 18.0 Å². The second kappa shape index (κ2) is 6.43. The van der Waals surface area contributed by atoms with Crippen LogP contribution in [0, 0.1) is 5.92 Å². The lowest BCUT2D eigenvalue weighted by atomic mass is 9.82. The quantitative estimate of drug-likeness (QED) is 0.867. The summed E-state index contributed by atoms with van der Waals surface area (Å²) < 4.78 is 0. The summed E-state index contributed by atoms with van der Waals surface area (Å²) in [5.74, 6) is 0.660. The fourth-order valence-electron chi connectivity index (χ4n) is 3.15. The van der Waals surface area contributed by atoms with Crippen LogP contribution in [0.5, 0.6) is 0 Å². The first kappa shape index (κ1) is 13.7. The van der Waals surface area contributed by atoms with Crippen LogP contribution < -0.4 is 5.32 Å². The van der Waals surface area contributed by atoms with E-state index >= 15 is 0 Å². The Hall–Kier alpha value is -1.31. The Morgan fingerprint density at radius 3 is 2.50 bits per heavy atom. The lowest BCUT2D eigenvalue weighted by Crippen LogP contribution is -2.35. The van der Waals surface area contributed by atoms with Gasteiger partial charge in [0.05, 0.1) is 0 Å². The predicted molar refractivity (Wildman–Crippen MR) is 85.1 cm³/mol. The highest BCUT2D eigenvalue weighted by molar-refractivity contribution is 6.30. The van der Waals surface area contributed by atoms with Gasteiger partial charge >= 0.3 is 0 Å². The molecule has 0 unspecified atom stereocenters. The molecule has 2 aromatic rings. The zero-order valence-corrected chi connectivity index (χ0v) is 12.3. The standard InChI is InChI=1S/C18H20ClN/c19-17-10-8-14(9-11-17)13-16-7-4-12-20-18(16)15-5-2-1-3-6-15/h1-3,5-6,8-11,16,18,20H,4,7,12-13H2/t16-,18-/m1/s1. The maximum Gasteiger partial charge on any atom is 0.0406 e. The highest BCUT2D eigenvalue weighted by atomic mass is 35.5. The molecule has 0 aromatic heterocycles. The summed E-state index contributed by atoms with van der Waals surface area (Å²) in [6.07, 6.45) is 3.67. The van der Waals surface area contributed by atoms with Gasteiger partial charge in [0.25, 0.3) is 0 Å². The Kier molecular flexibility index (Phi) is 4.39. The van der Waals surface area contributed by atoms with Gasteiger partial charge in [0.15, 0.2) is 0 Å². The summed E-state index contributed by atoms with van der Waals surface area (Å²) in [5.41, 5.74) is 2.79. The van der Waals surface area contributed by atoms with Crippen molar-refractivity contribution in [3.8, 4) is 0 Å². The number of hydrogen-bond donors (Lipinski definition) is 1. The largest absolute Gasteiger partial charge is 0.310 e. The molecule has 0 spiro atoms. The molecule has 1 heterocycles. The summed E-state index contributed by atoms with van der Waals surface area (Å²) >= 11 is 5.97. The van der Waals surface area contributed by atoms with E-state index in [4.69, 9.17) is 11.6 Å². The number of nitrogens with one attached hydrogen (secondary N) is 1. The van der Waals surface area contributed by atoms with Gasteiger partial charge in [0, 0.05) is 11.1 Å². The maximum atomic E-state index is 5.97. The highest BCUT2D eigenvalue weighted by Crippen LogP contribution is 2.32. The Morgan fingerprint density at radius 1 is 1.00 bits per heavy atom. The van der Waals surface area contributed by atoms with Crippen molar-refractivity contribution in [2.75, 3.05) is 6.54 Å². The van der Waals surface area contributed by atoms with Crippen LogP contribution in [0.25, 0.3) is 0 Å². The average Bonchev–Trinajstić information content (AvgIpc) is 2.51. The molecule has 0 saturated carbocycles. The van der Waals surface area contributed by atoms with Crippen LogP contribution in [0.4, 0.5) is 0 Å². The molecule has 1 fully saturated rings. The van der Waals surface area contributed by atoms with Crippen LogP contribution in [0.15, 0.2) is 54.6 Å². The summed E-state index contributed by atoms with van der Waals surface area (Å²) in [7, 11) is 0. The highest BCUT2D eigenvalue weighted by Gasteiger charge is 2.25. The first-order valence-corrected chi connectivity index (χ1v) is 7.73. The van der Waals surface area contributed by atoms with Crippen molar-refractivity contribution in [1.82, 2.24) is 5.32 Å². The molecule has 0 radical (unpaired) electrons. The molecule has 20 heavy (non-hydrogen) atoms. The number of halogens is 1. The number of piperidine rings is 1. The third-order valence-corrected chi connectivity index (χ3v) is 4.41. The second-order valence-corrected chi connectivity index (χ2v) is 6.01. The summed E-state index contributed by atoms with van der Waals surface area (Å²) in [6, 6.07) is 19.6. The van der Waals surface area contributed by atoms with Crippen molar-refractivity contribution in [3.63, 3.8) is 0 Å². The molecule has 0 aliphatic carbocycles. The van der Waals surface area contributed by atoms with Crippen LogP contribution in [-0.2, 0) is 6.42 Å². The molecule has 3 rings (SSSR count). The first-order chi connectivity index (χ1) is 9.83. The van der Waals surface area contributed by atoms with Crippen LogP contribution in [0.1, 0.15) is 30.0 Å². The lowest BCUT2D eigenvalue weighted by molar-refractivity contribution is 0.282. The van der Waals surface area contributed by atoms with Crippen LogP contribution >= 0.6 is 11.6 Å². The molecule has 2 atom stereocenters. The second-order valence-electron chi connectivity index (χ2n) is 5.58. The summed E-state index contributed by atoms with van der Waals surface area (Å²) in [6.45, 7) is 1.12. The zero-order valence-electron chi connectivity index (χ0n) is 11.6. The smallest absolute Gasteiger partial charge is 0.0406 e. The summed E-state index contributed by atoms with van der Waals surface area (Å²) in [5, 5.41) is 4.51. The van der Waals surface area contributed by atoms with E-state index in [1.807, 2.05) is 12.1 Å². The number of rotatable bonds is 3. The first-order valence-electron chi connectivity index (χ1n) is 7.36. The molecule has 0 bridgehead atoms. The van der Waals surface area contributed by atoms with Gasteiger partial charge in [-0.05, 0) is 55.0 Å². The molecule has 1 saturated heterocycles. The van der Waals surface area contributed by atoms with Crippen molar-refractivity contribution in [2.45, 2.75) is 25.3 Å². The molecule has 104 valence electrons. The Labute approximate surface area is 126 Å². The third kappa shape index (κ3) is 3.23. The molecular weight excluding hydrogens is 266 g/mol. The van der Waals surface area contributed by atoms with E-state index in [2.05, 4.69) is 47.8 Å². The normalized spacial score (nSPS) is 22.6. The van der Waals surface area contributed by atoms with Crippen LogP contribution in [0.3, 0.4) is 0 Å². The fraction of sp³-hybridized carbons (Fsp3) is 0.333. The van der Waals surface area contributed by atoms with Gasteiger partial charge in [0.1, 0.15) is 0 Å². The van der Waals surface area contributed by atoms with E-state index in [0.29, 0.717) is 12.0 Å². The molecule has 1 aliphatic rings. The molecule has 1 nitrogen and oxygen atoms in total. The molecule has 1 N–H and O–H groups in total. The van der Waals surface area contributed by atoms with Crippen molar-refractivity contribution in [2.24, 2.45) is 5.92 Å². The van der Waals surface area contributed by atoms with E-state index in [-0.39, 0.29) is 0 Å². The predicted octanol–water partition coefficient (Wildman–Crippen LogP) is 4.62. The van der Waals surface area contributed by atoms with Crippen molar-refractivity contribution >= 4 is 11.6 Å². The molecule has 2 heteroatoms. The summed E-state index contributed by atoms with van der Waals surface area (Å²) in [4.78, 5) is 0. The average molecular weight is 286 g/mol. The van der Waals surface area contributed by atoms with Crippen molar-refractivity contribution in [1.29, 1.82) is 0 Å². The third-order valence-electron chi connectivity index (χ3n) is 4.16. The van der Waals surface area contributed by atoms with Gasteiger partial charge < -0.3 is 5.32 Å². The van der Waals surface area contributed by atoms with Gasteiger partial charge in [-0.15, -0.1) is 0 Å². The van der Waals surface area contributed by atoms with E-state index in [9.17, 15) is 0 Å². The van der Waals surface area contributed by atoms with Gasteiger partial charge in [-0.3, -0.25) is 0 Å². The van der Waals surface area contributed by atoms with Gasteiger partial charge in [-0.2, -0.15) is 0 Å². The van der Waals surface area contributed by atoms with Crippen molar-refractivity contribution < 1.29 is 0 Å². The Morgan fingerprint density at radius 2 is 1.75 bits per heavy atom. The number of hydrogen-bond acceptors (Lipinski definition) is 1. The minimum absolute atomic E-state index is 0.473. The monoisotopic (exact) mass is 285 g/mol. The minimum atomic E-state index is 0.473. The lowest BCUT2D eigenvalue weighted by Gasteiger charge is -2.33. The van der Waals surface area contributed by atoms with Crippen molar-refractivity contribution in [3.05, 3.63) is 70.7 Å². The molecule has 0 amide bonds. The van der Waals surface area contributed by atoms with Crippen LogP contribution in [-0.4, -0.2) is 6.54 Å². The number of benzene rings is 2. The molecule has 1 aliphatic heterocycles. The zero-order chi connectivity index (χ0) is 13.8. The molecule has 2 aromatic carbocycles. The van der Waals surface area contributed by atoms with Crippen LogP contribution in [0.2, 0.25) is 5.02 Å². The topological polar surface area (TPSA) is 12.0 Å². The minimum Gasteiger partial charge on any atom is -0.310 e. The Bertz CT molecular complexity index is 535. The van der Waals surface area contributed by atoms with Gasteiger partial charge in [-0.1, -0.05) is 54.1 Å². The SMILES string of the molecule is Clc1ccc(C[C@H]2CCCN[C@@H]2c2ccccc2)cc1. The van der Waals surface area contributed by atoms with E-state index in [1.165, 1.54) is 24.0 Å². The Balaban J connectivity index is 1.77. The van der Waals surface area contributed by atoms with Gasteiger partial charge in [0.2, 0.25) is 0 Å². The van der Waals surface area contributed by atoms with E-state index in [1.54, 1.807) is 0 Å².